The second-order valence-electron chi connectivity index (χ2n) is 4.13. The Morgan fingerprint density at radius 1 is 1.40 bits per heavy atom. The largest absolute Gasteiger partial charge is 0.345 e. The maximum atomic E-state index is 12.0. The Balaban J connectivity index is 2.16. The molecule has 0 bridgehead atoms. The second-order valence-corrected chi connectivity index (χ2v) is 5.88. The fraction of sp³-hybridized carbons (Fsp3) is 0.0769. The van der Waals surface area contributed by atoms with Gasteiger partial charge in [0.25, 0.3) is 0 Å². The summed E-state index contributed by atoms with van der Waals surface area (Å²) in [4.78, 5) is 18.8. The minimum atomic E-state index is -3.36. The summed E-state index contributed by atoms with van der Waals surface area (Å²) >= 11 is 0. The molecule has 2 rings (SSSR count). The van der Waals surface area contributed by atoms with Crippen molar-refractivity contribution < 1.29 is 13.2 Å². The van der Waals surface area contributed by atoms with Crippen LogP contribution >= 0.6 is 0 Å². The number of nitrogens with one attached hydrogen (secondary N) is 2. The number of hydrogen-bond acceptors (Lipinski definition) is 4. The van der Waals surface area contributed by atoms with Crippen molar-refractivity contribution >= 4 is 27.6 Å². The molecule has 0 saturated carbocycles. The molecule has 104 valence electrons. The number of carbonyl (C=O) groups is 1. The number of ketones is 1. The summed E-state index contributed by atoms with van der Waals surface area (Å²) in [6.07, 6.45) is 7.22. The van der Waals surface area contributed by atoms with Crippen LogP contribution in [0.1, 0.15) is 16.2 Å². The molecule has 2 aromatic rings. The number of H-pyrrole nitrogens is 1. The highest BCUT2D eigenvalue weighted by Gasteiger charge is 2.06. The zero-order valence-corrected chi connectivity index (χ0v) is 11.5. The smallest absolute Gasteiger partial charge is 0.229 e. The monoisotopic (exact) mass is 291 g/mol. The molecule has 7 heteroatoms. The normalized spacial score (nSPS) is 11.7. The predicted molar refractivity (Wildman–Crippen MR) is 76.9 cm³/mol. The molecule has 1 heterocycles. The molecule has 0 spiro atoms. The first-order chi connectivity index (χ1) is 9.44. The standard InChI is InChI=1S/C13H13N3O3S/c1-20(18,19)16-11-4-2-3-10(9-11)12(17)5-6-13-14-7-8-15-13/h2-9,16H,1H3,(H,14,15). The second kappa shape index (κ2) is 5.70. The number of sulfonamides is 1. The number of rotatable bonds is 5. The molecule has 0 aliphatic heterocycles. The van der Waals surface area contributed by atoms with Crippen molar-refractivity contribution in [2.75, 3.05) is 11.0 Å². The van der Waals surface area contributed by atoms with Crippen LogP contribution in [0.2, 0.25) is 0 Å². The summed E-state index contributed by atoms with van der Waals surface area (Å²) in [5, 5.41) is 0. The lowest BCUT2D eigenvalue weighted by Crippen LogP contribution is -2.10. The summed E-state index contributed by atoms with van der Waals surface area (Å²) in [5.41, 5.74) is 0.742. The summed E-state index contributed by atoms with van der Waals surface area (Å²) in [6, 6.07) is 6.29. The third-order valence-corrected chi connectivity index (χ3v) is 2.97. The first-order valence-corrected chi connectivity index (χ1v) is 7.63. The predicted octanol–water partition coefficient (Wildman–Crippen LogP) is 1.68. The van der Waals surface area contributed by atoms with Crippen LogP contribution in [0.4, 0.5) is 5.69 Å². The summed E-state index contributed by atoms with van der Waals surface area (Å²) in [6.45, 7) is 0. The van der Waals surface area contributed by atoms with Crippen molar-refractivity contribution in [2.24, 2.45) is 0 Å². The first-order valence-electron chi connectivity index (χ1n) is 5.74. The van der Waals surface area contributed by atoms with Gasteiger partial charge >= 0.3 is 0 Å². The molecule has 1 aromatic carbocycles. The van der Waals surface area contributed by atoms with Crippen LogP contribution in [0, 0.1) is 0 Å². The zero-order valence-electron chi connectivity index (χ0n) is 10.7. The Hall–Kier alpha value is -2.41. The van der Waals surface area contributed by atoms with E-state index in [1.54, 1.807) is 36.7 Å². The van der Waals surface area contributed by atoms with Gasteiger partial charge in [0.15, 0.2) is 5.78 Å². The number of aromatic amines is 1. The third-order valence-electron chi connectivity index (χ3n) is 2.36. The van der Waals surface area contributed by atoms with Gasteiger partial charge in [-0.3, -0.25) is 9.52 Å². The van der Waals surface area contributed by atoms with Crippen LogP contribution in [0.5, 0.6) is 0 Å². The molecule has 20 heavy (non-hydrogen) atoms. The van der Waals surface area contributed by atoms with Gasteiger partial charge in [-0.2, -0.15) is 0 Å². The Morgan fingerprint density at radius 3 is 2.85 bits per heavy atom. The Kier molecular flexibility index (Phi) is 3.99. The van der Waals surface area contributed by atoms with Crippen molar-refractivity contribution in [3.05, 3.63) is 54.1 Å². The minimum Gasteiger partial charge on any atom is -0.345 e. The topological polar surface area (TPSA) is 91.9 Å². The highest BCUT2D eigenvalue weighted by Crippen LogP contribution is 2.13. The summed E-state index contributed by atoms with van der Waals surface area (Å²) in [7, 11) is -3.36. The third kappa shape index (κ3) is 4.06. The maximum Gasteiger partial charge on any atom is 0.229 e. The van der Waals surface area contributed by atoms with Crippen molar-refractivity contribution in [1.82, 2.24) is 9.97 Å². The van der Waals surface area contributed by atoms with Crippen molar-refractivity contribution in [2.45, 2.75) is 0 Å². The lowest BCUT2D eigenvalue weighted by atomic mass is 10.1. The molecular formula is C13H13N3O3S. The van der Waals surface area contributed by atoms with E-state index in [1.165, 1.54) is 12.1 Å². The van der Waals surface area contributed by atoms with Crippen LogP contribution in [-0.2, 0) is 10.0 Å². The van der Waals surface area contributed by atoms with Gasteiger partial charge in [-0.15, -0.1) is 0 Å². The molecule has 0 aliphatic rings. The number of allylic oxidation sites excluding steroid dienone is 1. The van der Waals surface area contributed by atoms with Crippen molar-refractivity contribution in [3.63, 3.8) is 0 Å². The van der Waals surface area contributed by atoms with Crippen LogP contribution in [-0.4, -0.2) is 30.4 Å². The molecule has 0 saturated heterocycles. The Labute approximate surface area is 116 Å². The summed E-state index contributed by atoms with van der Waals surface area (Å²) < 4.78 is 24.6. The highest BCUT2D eigenvalue weighted by atomic mass is 32.2. The molecular weight excluding hydrogens is 278 g/mol. The number of nitrogens with zero attached hydrogens (tertiary/aromatic N) is 1. The minimum absolute atomic E-state index is 0.237. The van der Waals surface area contributed by atoms with Crippen LogP contribution in [0.15, 0.2) is 42.7 Å². The average molecular weight is 291 g/mol. The molecule has 0 fully saturated rings. The molecule has 0 aliphatic carbocycles. The van der Waals surface area contributed by atoms with E-state index in [4.69, 9.17) is 0 Å². The van der Waals surface area contributed by atoms with E-state index in [0.717, 1.165) is 6.26 Å². The van der Waals surface area contributed by atoms with E-state index in [9.17, 15) is 13.2 Å². The van der Waals surface area contributed by atoms with Gasteiger partial charge in [0.05, 0.1) is 6.26 Å². The Bertz CT molecular complexity index is 734. The molecule has 0 radical (unpaired) electrons. The van der Waals surface area contributed by atoms with E-state index in [2.05, 4.69) is 14.7 Å². The lowest BCUT2D eigenvalue weighted by Gasteiger charge is -2.04. The maximum absolute atomic E-state index is 12.0. The number of imidazole rings is 1. The van der Waals surface area contributed by atoms with E-state index in [1.807, 2.05) is 0 Å². The fourth-order valence-electron chi connectivity index (χ4n) is 1.57. The quantitative estimate of drug-likeness (QED) is 0.647. The van der Waals surface area contributed by atoms with Gasteiger partial charge in [0.2, 0.25) is 10.0 Å². The Morgan fingerprint density at radius 2 is 2.20 bits per heavy atom. The molecule has 6 nitrogen and oxygen atoms in total. The number of hydrogen-bond donors (Lipinski definition) is 2. The van der Waals surface area contributed by atoms with E-state index < -0.39 is 10.0 Å². The van der Waals surface area contributed by atoms with Gasteiger partial charge in [-0.1, -0.05) is 12.1 Å². The molecule has 1 aromatic heterocycles. The molecule has 0 amide bonds. The number of aromatic nitrogens is 2. The van der Waals surface area contributed by atoms with E-state index in [-0.39, 0.29) is 5.78 Å². The lowest BCUT2D eigenvalue weighted by molar-refractivity contribution is 0.104. The summed E-state index contributed by atoms with van der Waals surface area (Å²) in [5.74, 6) is 0.335. The number of benzene rings is 1. The number of carbonyl (C=O) groups excluding carboxylic acids is 1. The average Bonchev–Trinajstić information content (AvgIpc) is 2.87. The van der Waals surface area contributed by atoms with Crippen molar-refractivity contribution in [1.29, 1.82) is 0 Å². The highest BCUT2D eigenvalue weighted by molar-refractivity contribution is 7.92. The zero-order chi connectivity index (χ0) is 14.6. The van der Waals surface area contributed by atoms with Gasteiger partial charge in [-0.25, -0.2) is 13.4 Å². The van der Waals surface area contributed by atoms with Crippen LogP contribution in [0.3, 0.4) is 0 Å². The van der Waals surface area contributed by atoms with E-state index >= 15 is 0 Å². The van der Waals surface area contributed by atoms with Gasteiger partial charge < -0.3 is 4.98 Å². The van der Waals surface area contributed by atoms with E-state index in [0.29, 0.717) is 17.1 Å². The molecule has 2 N–H and O–H groups in total. The fourth-order valence-corrected chi connectivity index (χ4v) is 2.12. The molecule has 0 unspecified atom stereocenters. The van der Waals surface area contributed by atoms with Crippen LogP contribution < -0.4 is 4.72 Å². The van der Waals surface area contributed by atoms with Gasteiger partial charge in [0, 0.05) is 23.6 Å². The number of anilines is 1. The molecule has 0 atom stereocenters. The van der Waals surface area contributed by atoms with Crippen molar-refractivity contribution in [3.8, 4) is 0 Å². The van der Waals surface area contributed by atoms with Crippen LogP contribution in [0.25, 0.3) is 6.08 Å². The first kappa shape index (κ1) is 14.0. The van der Waals surface area contributed by atoms with Gasteiger partial charge in [0.1, 0.15) is 5.82 Å². The van der Waals surface area contributed by atoms with Gasteiger partial charge in [-0.05, 0) is 24.3 Å². The SMILES string of the molecule is CS(=O)(=O)Nc1cccc(C(=O)C=Cc2ncc[nH]2)c1.